The Kier molecular flexibility index (Phi) is 6.01. The van der Waals surface area contributed by atoms with Gasteiger partial charge in [-0.1, -0.05) is 12.1 Å². The average Bonchev–Trinajstić information content (AvgIpc) is 3.10. The Bertz CT molecular complexity index is 851. The molecule has 0 bridgehead atoms. The summed E-state index contributed by atoms with van der Waals surface area (Å²) in [6, 6.07) is 6.78. The van der Waals surface area contributed by atoms with E-state index in [1.807, 2.05) is 4.90 Å². The maximum Gasteiger partial charge on any atom is 0.303 e. The molecule has 1 aromatic carbocycles. The van der Waals surface area contributed by atoms with Gasteiger partial charge in [-0.2, -0.15) is 0 Å². The number of piperidine rings is 1. The van der Waals surface area contributed by atoms with Gasteiger partial charge < -0.3 is 14.5 Å². The number of carbonyl (C=O) groups is 4. The van der Waals surface area contributed by atoms with Crippen LogP contribution in [-0.4, -0.2) is 65.1 Å². The molecular formula is C23H30N2O5. The van der Waals surface area contributed by atoms with Crippen molar-refractivity contribution >= 4 is 23.6 Å². The summed E-state index contributed by atoms with van der Waals surface area (Å²) in [5.74, 6) is -0.683. The van der Waals surface area contributed by atoms with Crippen LogP contribution in [0.3, 0.4) is 0 Å². The molecule has 3 rings (SSSR count). The molecule has 2 aliphatic heterocycles. The minimum atomic E-state index is -1.17. The summed E-state index contributed by atoms with van der Waals surface area (Å²) in [5, 5.41) is 0. The maximum atomic E-state index is 12.8. The lowest BCUT2D eigenvalue weighted by molar-refractivity contribution is -0.168. The van der Waals surface area contributed by atoms with Gasteiger partial charge in [-0.05, 0) is 57.6 Å². The summed E-state index contributed by atoms with van der Waals surface area (Å²) in [5.41, 5.74) is 0.0240. The summed E-state index contributed by atoms with van der Waals surface area (Å²) in [6.07, 6.45) is 2.56. The molecule has 0 aromatic heterocycles. The van der Waals surface area contributed by atoms with Crippen molar-refractivity contribution in [3.63, 3.8) is 0 Å². The van der Waals surface area contributed by atoms with Crippen molar-refractivity contribution in [3.8, 4) is 0 Å². The molecule has 2 saturated heterocycles. The lowest BCUT2D eigenvalue weighted by Gasteiger charge is -2.39. The van der Waals surface area contributed by atoms with Gasteiger partial charge in [-0.15, -0.1) is 0 Å². The van der Waals surface area contributed by atoms with Crippen molar-refractivity contribution in [1.82, 2.24) is 9.80 Å². The first-order valence-electron chi connectivity index (χ1n) is 10.4. The Labute approximate surface area is 177 Å². The molecule has 2 fully saturated rings. The Balaban J connectivity index is 1.58. The zero-order chi connectivity index (χ0) is 22.1. The zero-order valence-corrected chi connectivity index (χ0v) is 18.2. The highest BCUT2D eigenvalue weighted by atomic mass is 16.6. The highest BCUT2D eigenvalue weighted by molar-refractivity contribution is 5.97. The fraction of sp³-hybridized carbons (Fsp3) is 0.565. The summed E-state index contributed by atoms with van der Waals surface area (Å²) in [7, 11) is 0. The van der Waals surface area contributed by atoms with Gasteiger partial charge in [0.1, 0.15) is 0 Å². The molecule has 30 heavy (non-hydrogen) atoms. The highest BCUT2D eigenvalue weighted by Crippen LogP contribution is 2.41. The van der Waals surface area contributed by atoms with E-state index in [-0.39, 0.29) is 23.0 Å². The first-order valence-corrected chi connectivity index (χ1v) is 10.4. The largest absolute Gasteiger partial charge is 0.450 e. The van der Waals surface area contributed by atoms with Crippen molar-refractivity contribution in [2.45, 2.75) is 52.6 Å². The number of hydrogen-bond acceptors (Lipinski definition) is 5. The topological polar surface area (TPSA) is 84.0 Å². The maximum absolute atomic E-state index is 12.8. The monoisotopic (exact) mass is 414 g/mol. The lowest BCUT2D eigenvalue weighted by Crippen LogP contribution is -2.49. The smallest absolute Gasteiger partial charge is 0.303 e. The van der Waals surface area contributed by atoms with Gasteiger partial charge in [-0.3, -0.25) is 19.2 Å². The number of nitrogens with zero attached hydrogens (tertiary/aromatic N) is 2. The molecule has 2 heterocycles. The average molecular weight is 415 g/mol. The molecule has 0 saturated carbocycles. The second kappa shape index (κ2) is 8.20. The number of amides is 2. The van der Waals surface area contributed by atoms with Crippen molar-refractivity contribution < 1.29 is 23.9 Å². The molecule has 2 aliphatic rings. The molecule has 0 unspecified atom stereocenters. The molecule has 7 heteroatoms. The van der Waals surface area contributed by atoms with Gasteiger partial charge in [-0.25, -0.2) is 0 Å². The molecule has 0 aliphatic carbocycles. The number of rotatable bonds is 4. The molecule has 2 amide bonds. The van der Waals surface area contributed by atoms with E-state index in [0.29, 0.717) is 37.3 Å². The predicted octanol–water partition coefficient (Wildman–Crippen LogP) is 2.69. The third-order valence-electron chi connectivity index (χ3n) is 6.29. The van der Waals surface area contributed by atoms with Crippen molar-refractivity contribution in [3.05, 3.63) is 35.4 Å². The van der Waals surface area contributed by atoms with E-state index in [0.717, 1.165) is 19.3 Å². The van der Waals surface area contributed by atoms with Crippen LogP contribution in [-0.2, 0) is 14.3 Å². The number of carbonyl (C=O) groups excluding carboxylic acids is 4. The van der Waals surface area contributed by atoms with Crippen molar-refractivity contribution in [2.24, 2.45) is 5.41 Å². The van der Waals surface area contributed by atoms with E-state index < -0.39 is 11.6 Å². The Morgan fingerprint density at radius 3 is 1.87 bits per heavy atom. The fourth-order valence-corrected chi connectivity index (χ4v) is 4.51. The molecule has 1 aromatic rings. The third-order valence-corrected chi connectivity index (χ3v) is 6.29. The number of esters is 1. The van der Waals surface area contributed by atoms with E-state index in [1.54, 1.807) is 43.0 Å². The van der Waals surface area contributed by atoms with Gasteiger partial charge >= 0.3 is 5.97 Å². The predicted molar refractivity (Wildman–Crippen MR) is 111 cm³/mol. The number of benzene rings is 1. The van der Waals surface area contributed by atoms with Gasteiger partial charge in [0.2, 0.25) is 0 Å². The lowest BCUT2D eigenvalue weighted by atomic mass is 9.77. The molecule has 1 spiro atoms. The van der Waals surface area contributed by atoms with Crippen LogP contribution in [0.5, 0.6) is 0 Å². The molecule has 0 N–H and O–H groups in total. The van der Waals surface area contributed by atoms with E-state index in [4.69, 9.17) is 4.74 Å². The van der Waals surface area contributed by atoms with Gasteiger partial charge in [0.15, 0.2) is 11.4 Å². The first kappa shape index (κ1) is 22.0. The quantitative estimate of drug-likeness (QED) is 0.559. The molecule has 7 nitrogen and oxygen atoms in total. The minimum absolute atomic E-state index is 0.0111. The summed E-state index contributed by atoms with van der Waals surface area (Å²) < 4.78 is 5.20. The van der Waals surface area contributed by atoms with Crippen LogP contribution in [0, 0.1) is 5.41 Å². The van der Waals surface area contributed by atoms with Crippen molar-refractivity contribution in [2.75, 3.05) is 26.2 Å². The van der Waals surface area contributed by atoms with Gasteiger partial charge in [0, 0.05) is 44.2 Å². The molecule has 162 valence electrons. The Hall–Kier alpha value is -2.70. The van der Waals surface area contributed by atoms with Crippen LogP contribution in [0.1, 0.15) is 67.7 Å². The van der Waals surface area contributed by atoms with Crippen LogP contribution < -0.4 is 0 Å². The number of likely N-dealkylation sites (tertiary alicyclic amines) is 2. The van der Waals surface area contributed by atoms with Crippen LogP contribution >= 0.6 is 0 Å². The summed E-state index contributed by atoms with van der Waals surface area (Å²) in [6.45, 7) is 8.62. The SMILES string of the molecule is CC(=O)OC(C)(C)C(=O)N1CCC2(CCN(C(=O)c3ccc(C(C)=O)cc3)CC2)C1. The van der Waals surface area contributed by atoms with Gasteiger partial charge in [0.05, 0.1) is 0 Å². The van der Waals surface area contributed by atoms with E-state index in [2.05, 4.69) is 0 Å². The fourth-order valence-electron chi connectivity index (χ4n) is 4.51. The van der Waals surface area contributed by atoms with E-state index >= 15 is 0 Å². The second-order valence-electron chi connectivity index (χ2n) is 9.01. The number of Topliss-reactive ketones (excluding diaryl/α,β-unsaturated/α-hetero) is 1. The first-order chi connectivity index (χ1) is 14.0. The summed E-state index contributed by atoms with van der Waals surface area (Å²) >= 11 is 0. The molecule has 0 atom stereocenters. The highest BCUT2D eigenvalue weighted by Gasteiger charge is 2.46. The van der Waals surface area contributed by atoms with Gasteiger partial charge in [0.25, 0.3) is 11.8 Å². The molecule has 0 radical (unpaired) electrons. The minimum Gasteiger partial charge on any atom is -0.450 e. The number of ketones is 1. The molecular weight excluding hydrogens is 384 g/mol. The summed E-state index contributed by atoms with van der Waals surface area (Å²) in [4.78, 5) is 52.0. The Morgan fingerprint density at radius 1 is 0.867 bits per heavy atom. The van der Waals surface area contributed by atoms with E-state index in [1.165, 1.54) is 13.8 Å². The Morgan fingerprint density at radius 2 is 1.37 bits per heavy atom. The van der Waals surface area contributed by atoms with Crippen LogP contribution in [0.25, 0.3) is 0 Å². The number of ether oxygens (including phenoxy) is 1. The standard InChI is InChI=1S/C23H30N2O5/c1-16(26)18-5-7-19(8-6-18)20(28)24-12-9-23(10-13-24)11-14-25(15-23)21(29)22(3,4)30-17(2)27/h5-8H,9-15H2,1-4H3. The normalized spacial score (nSPS) is 18.4. The van der Waals surface area contributed by atoms with Crippen LogP contribution in [0.4, 0.5) is 0 Å². The van der Waals surface area contributed by atoms with E-state index in [9.17, 15) is 19.2 Å². The second-order valence-corrected chi connectivity index (χ2v) is 9.01. The van der Waals surface area contributed by atoms with Crippen molar-refractivity contribution in [1.29, 1.82) is 0 Å². The van der Waals surface area contributed by atoms with Crippen LogP contribution in [0.2, 0.25) is 0 Å². The number of hydrogen-bond donors (Lipinski definition) is 0. The zero-order valence-electron chi connectivity index (χ0n) is 18.2. The van der Waals surface area contributed by atoms with Crippen LogP contribution in [0.15, 0.2) is 24.3 Å². The third kappa shape index (κ3) is 4.55.